The van der Waals surface area contributed by atoms with E-state index in [0.29, 0.717) is 18.9 Å². The molecule has 20 heavy (non-hydrogen) atoms. The number of nitrogens with zero attached hydrogens (tertiary/aromatic N) is 1. The molecule has 0 bridgehead atoms. The topological polar surface area (TPSA) is 58.4 Å². The Balaban J connectivity index is 2.42. The van der Waals surface area contributed by atoms with Crippen molar-refractivity contribution in [3.63, 3.8) is 0 Å². The van der Waals surface area contributed by atoms with Crippen LogP contribution in [0.3, 0.4) is 0 Å². The maximum Gasteiger partial charge on any atom is 0.224 e. The molecule has 0 radical (unpaired) electrons. The third-order valence-corrected chi connectivity index (χ3v) is 3.60. The second-order valence-electron chi connectivity index (χ2n) is 5.38. The van der Waals surface area contributed by atoms with Gasteiger partial charge in [-0.05, 0) is 49.6 Å². The first-order valence-electron chi connectivity index (χ1n) is 7.34. The molecule has 1 aromatic rings. The van der Waals surface area contributed by atoms with Crippen molar-refractivity contribution < 1.29 is 4.79 Å². The minimum atomic E-state index is 0.0816. The molecule has 3 N–H and O–H groups in total. The molecule has 0 aliphatic rings. The first kappa shape index (κ1) is 16.5. The first-order chi connectivity index (χ1) is 9.56. The van der Waals surface area contributed by atoms with Gasteiger partial charge in [-0.2, -0.15) is 0 Å². The number of hydrogen-bond acceptors (Lipinski definition) is 3. The van der Waals surface area contributed by atoms with E-state index in [9.17, 15) is 4.79 Å². The summed E-state index contributed by atoms with van der Waals surface area (Å²) in [7, 11) is 3.99. The summed E-state index contributed by atoms with van der Waals surface area (Å²) >= 11 is 0. The molecule has 0 heterocycles. The van der Waals surface area contributed by atoms with Crippen molar-refractivity contribution in [1.82, 2.24) is 0 Å². The molecule has 1 amide bonds. The van der Waals surface area contributed by atoms with E-state index in [2.05, 4.69) is 12.2 Å². The van der Waals surface area contributed by atoms with Crippen LogP contribution in [0.15, 0.2) is 24.3 Å². The zero-order valence-electron chi connectivity index (χ0n) is 12.9. The molecule has 0 aliphatic carbocycles. The fourth-order valence-electron chi connectivity index (χ4n) is 2.19. The van der Waals surface area contributed by atoms with Crippen LogP contribution in [-0.4, -0.2) is 26.5 Å². The lowest BCUT2D eigenvalue weighted by molar-refractivity contribution is -0.116. The third-order valence-electron chi connectivity index (χ3n) is 3.60. The Bertz CT molecular complexity index is 401. The number of rotatable bonds is 8. The van der Waals surface area contributed by atoms with Gasteiger partial charge in [-0.1, -0.05) is 13.3 Å². The molecular weight excluding hydrogens is 250 g/mol. The van der Waals surface area contributed by atoms with Gasteiger partial charge in [-0.3, -0.25) is 4.79 Å². The van der Waals surface area contributed by atoms with Crippen LogP contribution in [0.1, 0.15) is 32.6 Å². The minimum absolute atomic E-state index is 0.0816. The van der Waals surface area contributed by atoms with Crippen molar-refractivity contribution in [3.05, 3.63) is 24.3 Å². The van der Waals surface area contributed by atoms with Crippen LogP contribution in [0.4, 0.5) is 11.4 Å². The van der Waals surface area contributed by atoms with Crippen molar-refractivity contribution in [3.8, 4) is 0 Å². The predicted molar refractivity (Wildman–Crippen MR) is 86.1 cm³/mol. The number of carbonyl (C=O) groups excluding carboxylic acids is 1. The molecule has 0 aromatic heterocycles. The van der Waals surface area contributed by atoms with Gasteiger partial charge in [0.1, 0.15) is 0 Å². The number of nitrogens with one attached hydrogen (secondary N) is 1. The fourth-order valence-corrected chi connectivity index (χ4v) is 2.19. The highest BCUT2D eigenvalue weighted by molar-refractivity contribution is 5.90. The number of nitrogens with two attached hydrogens (primary N) is 1. The highest BCUT2D eigenvalue weighted by atomic mass is 16.1. The van der Waals surface area contributed by atoms with Crippen molar-refractivity contribution in [2.24, 2.45) is 11.7 Å². The van der Waals surface area contributed by atoms with E-state index in [-0.39, 0.29) is 5.91 Å². The molecule has 1 atom stereocenters. The standard InChI is InChI=1S/C16H27N3O/c1-4-13(11-12-17)5-10-16(20)18-14-6-8-15(9-7-14)19(2)3/h6-9,13H,4-5,10-12,17H2,1-3H3,(H,18,20). The van der Waals surface area contributed by atoms with Gasteiger partial charge < -0.3 is 16.0 Å². The summed E-state index contributed by atoms with van der Waals surface area (Å²) in [5.74, 6) is 0.639. The molecule has 4 nitrogen and oxygen atoms in total. The molecule has 1 rings (SSSR count). The summed E-state index contributed by atoms with van der Waals surface area (Å²) in [6, 6.07) is 7.87. The van der Waals surface area contributed by atoms with Crippen LogP contribution in [0.2, 0.25) is 0 Å². The van der Waals surface area contributed by atoms with Crippen molar-refractivity contribution >= 4 is 17.3 Å². The van der Waals surface area contributed by atoms with Gasteiger partial charge in [0.2, 0.25) is 5.91 Å². The average molecular weight is 277 g/mol. The largest absolute Gasteiger partial charge is 0.378 e. The van der Waals surface area contributed by atoms with Crippen LogP contribution in [0, 0.1) is 5.92 Å². The Morgan fingerprint density at radius 3 is 2.40 bits per heavy atom. The lowest BCUT2D eigenvalue weighted by Gasteiger charge is -2.14. The maximum absolute atomic E-state index is 11.9. The van der Waals surface area contributed by atoms with E-state index in [4.69, 9.17) is 5.73 Å². The maximum atomic E-state index is 11.9. The van der Waals surface area contributed by atoms with Gasteiger partial charge in [0.15, 0.2) is 0 Å². The van der Waals surface area contributed by atoms with Gasteiger partial charge in [0, 0.05) is 31.9 Å². The van der Waals surface area contributed by atoms with Crippen LogP contribution in [0.25, 0.3) is 0 Å². The molecule has 0 saturated heterocycles. The second kappa shape index (κ2) is 8.59. The average Bonchev–Trinajstić information content (AvgIpc) is 2.44. The van der Waals surface area contributed by atoms with Crippen molar-refractivity contribution in [1.29, 1.82) is 0 Å². The SMILES string of the molecule is CCC(CCN)CCC(=O)Nc1ccc(N(C)C)cc1. The number of anilines is 2. The third kappa shape index (κ3) is 5.61. The first-order valence-corrected chi connectivity index (χ1v) is 7.34. The van der Waals surface area contributed by atoms with Gasteiger partial charge in [-0.25, -0.2) is 0 Å². The van der Waals surface area contributed by atoms with Crippen molar-refractivity contribution in [2.75, 3.05) is 30.9 Å². The summed E-state index contributed by atoms with van der Waals surface area (Å²) in [6.07, 6.45) is 3.56. The number of hydrogen-bond donors (Lipinski definition) is 2. The van der Waals surface area contributed by atoms with E-state index >= 15 is 0 Å². The van der Waals surface area contributed by atoms with Crippen LogP contribution in [0.5, 0.6) is 0 Å². The number of benzene rings is 1. The lowest BCUT2D eigenvalue weighted by Crippen LogP contribution is -2.15. The van der Waals surface area contributed by atoms with Gasteiger partial charge >= 0.3 is 0 Å². The van der Waals surface area contributed by atoms with E-state index in [1.54, 1.807) is 0 Å². The van der Waals surface area contributed by atoms with Gasteiger partial charge in [0.05, 0.1) is 0 Å². The van der Waals surface area contributed by atoms with E-state index in [1.807, 2.05) is 43.3 Å². The zero-order chi connectivity index (χ0) is 15.0. The second-order valence-corrected chi connectivity index (χ2v) is 5.38. The van der Waals surface area contributed by atoms with Gasteiger partial charge in [-0.15, -0.1) is 0 Å². The highest BCUT2D eigenvalue weighted by Gasteiger charge is 2.09. The van der Waals surface area contributed by atoms with Crippen LogP contribution in [-0.2, 0) is 4.79 Å². The molecule has 112 valence electrons. The summed E-state index contributed by atoms with van der Waals surface area (Å²) < 4.78 is 0. The molecule has 0 fully saturated rings. The summed E-state index contributed by atoms with van der Waals surface area (Å²) in [4.78, 5) is 13.9. The van der Waals surface area contributed by atoms with Crippen molar-refractivity contribution in [2.45, 2.75) is 32.6 Å². The predicted octanol–water partition coefficient (Wildman–Crippen LogP) is 2.85. The number of amides is 1. The lowest BCUT2D eigenvalue weighted by atomic mass is 9.96. The molecule has 1 unspecified atom stereocenters. The molecule has 4 heteroatoms. The molecule has 0 saturated carbocycles. The molecule has 0 aliphatic heterocycles. The minimum Gasteiger partial charge on any atom is -0.378 e. The Hall–Kier alpha value is -1.55. The van der Waals surface area contributed by atoms with Crippen LogP contribution < -0.4 is 16.0 Å². The molecule has 0 spiro atoms. The van der Waals surface area contributed by atoms with Gasteiger partial charge in [0.25, 0.3) is 0 Å². The molecular formula is C16H27N3O. The Kier molecular flexibility index (Phi) is 7.09. The van der Waals surface area contributed by atoms with E-state index < -0.39 is 0 Å². The summed E-state index contributed by atoms with van der Waals surface area (Å²) in [5, 5.41) is 2.94. The normalized spacial score (nSPS) is 12.0. The molecule has 1 aromatic carbocycles. The summed E-state index contributed by atoms with van der Waals surface area (Å²) in [6.45, 7) is 2.85. The Morgan fingerprint density at radius 1 is 1.25 bits per heavy atom. The van der Waals surface area contributed by atoms with E-state index in [1.165, 1.54) is 0 Å². The quantitative estimate of drug-likeness (QED) is 0.768. The summed E-state index contributed by atoms with van der Waals surface area (Å²) in [5.41, 5.74) is 7.55. The van der Waals surface area contributed by atoms with E-state index in [0.717, 1.165) is 30.6 Å². The smallest absolute Gasteiger partial charge is 0.224 e. The Labute approximate surface area is 122 Å². The monoisotopic (exact) mass is 277 g/mol. The Morgan fingerprint density at radius 2 is 1.90 bits per heavy atom. The van der Waals surface area contributed by atoms with Crippen LogP contribution >= 0.6 is 0 Å². The number of carbonyl (C=O) groups is 1. The fraction of sp³-hybridized carbons (Fsp3) is 0.562. The highest BCUT2D eigenvalue weighted by Crippen LogP contribution is 2.18. The zero-order valence-corrected chi connectivity index (χ0v) is 12.9.